The minimum Gasteiger partial charge on any atom is -0.364 e. The van der Waals surface area contributed by atoms with Crippen molar-refractivity contribution in [1.82, 2.24) is 4.98 Å². The molecule has 1 heterocycles. The molecule has 1 saturated carbocycles. The van der Waals surface area contributed by atoms with Crippen LogP contribution in [0, 0.1) is 0 Å². The second kappa shape index (κ2) is 3.47. The van der Waals surface area contributed by atoms with Crippen LogP contribution in [0.15, 0.2) is 12.3 Å². The minimum absolute atomic E-state index is 0.0394. The number of nitrogens with zero attached hydrogens (tertiary/aromatic N) is 1. The molecule has 0 saturated heterocycles. The predicted molar refractivity (Wildman–Crippen MR) is 49.7 cm³/mol. The summed E-state index contributed by atoms with van der Waals surface area (Å²) in [6, 6.07) is 0.889. The van der Waals surface area contributed by atoms with Crippen molar-refractivity contribution in [3.8, 4) is 0 Å². The zero-order valence-electron chi connectivity index (χ0n) is 8.21. The lowest BCUT2D eigenvalue weighted by molar-refractivity contribution is -0.138. The van der Waals surface area contributed by atoms with Crippen LogP contribution in [0.2, 0.25) is 0 Å². The van der Waals surface area contributed by atoms with Crippen LogP contribution < -0.4 is 5.73 Å². The Morgan fingerprint density at radius 3 is 2.50 bits per heavy atom. The summed E-state index contributed by atoms with van der Waals surface area (Å²) in [6.07, 6.45) is -2.20. The molecule has 0 aliphatic heterocycles. The molecule has 0 atom stereocenters. The van der Waals surface area contributed by atoms with Gasteiger partial charge in [-0.2, -0.15) is 13.2 Å². The van der Waals surface area contributed by atoms with Crippen molar-refractivity contribution in [3.63, 3.8) is 0 Å². The molecule has 0 aromatic carbocycles. The van der Waals surface area contributed by atoms with Gasteiger partial charge in [-0.1, -0.05) is 0 Å². The van der Waals surface area contributed by atoms with E-state index >= 15 is 0 Å². The molecule has 2 rings (SSSR count). The number of amides is 1. The Labute approximate surface area is 89.5 Å². The number of primary amides is 1. The molecular weight excluding hydrogens is 221 g/mol. The molecular formula is C10H9F3N2O. The van der Waals surface area contributed by atoms with Crippen LogP contribution in [0.5, 0.6) is 0 Å². The first-order chi connectivity index (χ1) is 7.41. The minimum atomic E-state index is -4.47. The topological polar surface area (TPSA) is 56.0 Å². The Kier molecular flexibility index (Phi) is 2.36. The maximum Gasteiger partial charge on any atom is 0.416 e. The number of alkyl halides is 3. The highest BCUT2D eigenvalue weighted by atomic mass is 19.4. The Hall–Kier alpha value is -1.59. The molecule has 1 aliphatic rings. The molecule has 1 aliphatic carbocycles. The molecule has 1 aromatic heterocycles. The van der Waals surface area contributed by atoms with Gasteiger partial charge in [-0.3, -0.25) is 9.78 Å². The summed E-state index contributed by atoms with van der Waals surface area (Å²) in [4.78, 5) is 14.7. The molecule has 0 bridgehead atoms. The van der Waals surface area contributed by atoms with Crippen LogP contribution >= 0.6 is 0 Å². The van der Waals surface area contributed by atoms with Crippen molar-refractivity contribution in [2.75, 3.05) is 0 Å². The van der Waals surface area contributed by atoms with Crippen LogP contribution in [0.1, 0.15) is 40.4 Å². The molecule has 2 N–H and O–H groups in total. The van der Waals surface area contributed by atoms with Crippen molar-refractivity contribution < 1.29 is 18.0 Å². The Bertz CT molecular complexity index is 438. The van der Waals surface area contributed by atoms with Crippen LogP contribution in [0.4, 0.5) is 13.2 Å². The first-order valence-electron chi connectivity index (χ1n) is 4.77. The highest BCUT2D eigenvalue weighted by Gasteiger charge is 2.40. The highest BCUT2D eigenvalue weighted by molar-refractivity contribution is 5.93. The lowest BCUT2D eigenvalue weighted by atomic mass is 10.0. The average molecular weight is 230 g/mol. The fourth-order valence-corrected chi connectivity index (χ4v) is 1.70. The molecule has 0 spiro atoms. The molecule has 6 heteroatoms. The van der Waals surface area contributed by atoms with Crippen LogP contribution in [0.25, 0.3) is 0 Å². The quantitative estimate of drug-likeness (QED) is 0.845. The zero-order valence-corrected chi connectivity index (χ0v) is 8.21. The van der Waals surface area contributed by atoms with Gasteiger partial charge < -0.3 is 5.73 Å². The third-order valence-corrected chi connectivity index (χ3v) is 2.51. The standard InChI is InChI=1S/C10H9F3N2O/c11-10(12,13)6-3-4-15-8(9(14)16)7(6)5-1-2-5/h3-5H,1-2H2,(H2,14,16). The zero-order chi connectivity index (χ0) is 11.9. The van der Waals surface area contributed by atoms with Gasteiger partial charge in [-0.05, 0) is 30.4 Å². The first-order valence-corrected chi connectivity index (χ1v) is 4.77. The summed E-state index contributed by atoms with van der Waals surface area (Å²) in [5, 5.41) is 0. The predicted octanol–water partition coefficient (Wildman–Crippen LogP) is 2.08. The number of aromatic nitrogens is 1. The second-order valence-corrected chi connectivity index (χ2v) is 3.76. The van der Waals surface area contributed by atoms with Gasteiger partial charge in [0.25, 0.3) is 5.91 Å². The Morgan fingerprint density at radius 2 is 2.06 bits per heavy atom. The third-order valence-electron chi connectivity index (χ3n) is 2.51. The van der Waals surface area contributed by atoms with E-state index in [1.54, 1.807) is 0 Å². The summed E-state index contributed by atoms with van der Waals surface area (Å²) in [5.74, 6) is -1.14. The van der Waals surface area contributed by atoms with Gasteiger partial charge in [0.1, 0.15) is 5.69 Å². The van der Waals surface area contributed by atoms with E-state index in [1.165, 1.54) is 0 Å². The molecule has 0 unspecified atom stereocenters. The second-order valence-electron chi connectivity index (χ2n) is 3.76. The van der Waals surface area contributed by atoms with E-state index in [2.05, 4.69) is 4.98 Å². The maximum absolute atomic E-state index is 12.7. The van der Waals surface area contributed by atoms with Crippen LogP contribution in [-0.4, -0.2) is 10.9 Å². The van der Waals surface area contributed by atoms with Crippen molar-refractivity contribution in [2.45, 2.75) is 24.9 Å². The highest BCUT2D eigenvalue weighted by Crippen LogP contribution is 2.46. The SMILES string of the molecule is NC(=O)c1nccc(C(F)(F)F)c1C1CC1. The van der Waals surface area contributed by atoms with Gasteiger partial charge in [0, 0.05) is 6.20 Å². The summed E-state index contributed by atoms with van der Waals surface area (Å²) in [5.41, 5.74) is 3.94. The van der Waals surface area contributed by atoms with Gasteiger partial charge in [0.15, 0.2) is 0 Å². The number of halogens is 3. The van der Waals surface area contributed by atoms with Crippen molar-refractivity contribution in [1.29, 1.82) is 0 Å². The Balaban J connectivity index is 2.60. The van der Waals surface area contributed by atoms with E-state index in [0.29, 0.717) is 12.8 Å². The molecule has 0 radical (unpaired) electrons. The fourth-order valence-electron chi connectivity index (χ4n) is 1.70. The number of hydrogen-bond donors (Lipinski definition) is 1. The largest absolute Gasteiger partial charge is 0.416 e. The summed E-state index contributed by atoms with van der Waals surface area (Å²) in [6.45, 7) is 0. The smallest absolute Gasteiger partial charge is 0.364 e. The van der Waals surface area contributed by atoms with E-state index in [-0.39, 0.29) is 17.2 Å². The number of nitrogens with two attached hydrogens (primary N) is 1. The number of hydrogen-bond acceptors (Lipinski definition) is 2. The van der Waals surface area contributed by atoms with E-state index in [9.17, 15) is 18.0 Å². The fraction of sp³-hybridized carbons (Fsp3) is 0.400. The van der Waals surface area contributed by atoms with Gasteiger partial charge in [0.05, 0.1) is 5.56 Å². The van der Waals surface area contributed by atoms with Gasteiger partial charge in [0.2, 0.25) is 0 Å². The third kappa shape index (κ3) is 1.87. The molecule has 1 amide bonds. The van der Waals surface area contributed by atoms with Gasteiger partial charge >= 0.3 is 6.18 Å². The lowest BCUT2D eigenvalue weighted by Gasteiger charge is -2.13. The maximum atomic E-state index is 12.7. The first kappa shape index (κ1) is 10.9. The summed E-state index contributed by atoms with van der Waals surface area (Å²) in [7, 11) is 0. The average Bonchev–Trinajstić information content (AvgIpc) is 2.98. The van der Waals surface area contributed by atoms with Crippen LogP contribution in [0.3, 0.4) is 0 Å². The van der Waals surface area contributed by atoms with E-state index < -0.39 is 17.6 Å². The van der Waals surface area contributed by atoms with Crippen LogP contribution in [-0.2, 0) is 6.18 Å². The van der Waals surface area contributed by atoms with E-state index in [4.69, 9.17) is 5.73 Å². The lowest BCUT2D eigenvalue weighted by Crippen LogP contribution is -2.19. The molecule has 86 valence electrons. The molecule has 3 nitrogen and oxygen atoms in total. The summed E-state index contributed by atoms with van der Waals surface area (Å²) >= 11 is 0. The number of pyridine rings is 1. The van der Waals surface area contributed by atoms with E-state index in [0.717, 1.165) is 12.3 Å². The monoisotopic (exact) mass is 230 g/mol. The number of rotatable bonds is 2. The molecule has 16 heavy (non-hydrogen) atoms. The van der Waals surface area contributed by atoms with Crippen molar-refractivity contribution in [2.24, 2.45) is 5.73 Å². The van der Waals surface area contributed by atoms with Crippen molar-refractivity contribution >= 4 is 5.91 Å². The van der Waals surface area contributed by atoms with Gasteiger partial charge in [-0.15, -0.1) is 0 Å². The normalized spacial score (nSPS) is 16.2. The molecule has 1 fully saturated rings. The van der Waals surface area contributed by atoms with E-state index in [1.807, 2.05) is 0 Å². The number of carbonyl (C=O) groups excluding carboxylic acids is 1. The number of carbonyl (C=O) groups is 1. The Morgan fingerprint density at radius 1 is 1.44 bits per heavy atom. The van der Waals surface area contributed by atoms with Crippen molar-refractivity contribution in [3.05, 3.63) is 29.1 Å². The van der Waals surface area contributed by atoms with Gasteiger partial charge in [-0.25, -0.2) is 0 Å². The summed E-state index contributed by atoms with van der Waals surface area (Å²) < 4.78 is 38.1. The molecule has 1 aromatic rings.